The van der Waals surface area contributed by atoms with Crippen LogP contribution in [0.5, 0.6) is 11.5 Å². The summed E-state index contributed by atoms with van der Waals surface area (Å²) in [5.41, 5.74) is 0.679. The number of carbonyl (C=O) groups is 1. The van der Waals surface area contributed by atoms with E-state index in [0.717, 1.165) is 6.07 Å². The number of aliphatic hydroxyl groups excluding tert-OH is 1. The molecule has 2 aromatic rings. The maximum Gasteiger partial charge on any atom is 0.257 e. The van der Waals surface area contributed by atoms with Crippen LogP contribution in [0.25, 0.3) is 0 Å². The van der Waals surface area contributed by atoms with Crippen LogP contribution in [-0.2, 0) is 0 Å². The maximum atomic E-state index is 11.9. The van der Waals surface area contributed by atoms with E-state index in [4.69, 9.17) is 5.11 Å². The lowest BCUT2D eigenvalue weighted by atomic mass is 10.2. The predicted molar refractivity (Wildman–Crippen MR) is 70.5 cm³/mol. The van der Waals surface area contributed by atoms with Crippen molar-refractivity contribution in [3.05, 3.63) is 34.8 Å². The van der Waals surface area contributed by atoms with Gasteiger partial charge in [-0.25, -0.2) is 4.98 Å². The third-order valence-corrected chi connectivity index (χ3v) is 3.18. The number of thiazole rings is 1. The highest BCUT2D eigenvalue weighted by atomic mass is 32.1. The van der Waals surface area contributed by atoms with E-state index in [1.165, 1.54) is 23.5 Å². The normalized spacial score (nSPS) is 12.1. The molecule has 0 radical (unpaired) electrons. The van der Waals surface area contributed by atoms with Crippen LogP contribution in [0.3, 0.4) is 0 Å². The molecule has 0 saturated carbocycles. The topological polar surface area (TPSA) is 103 Å². The number of amides is 1. The van der Waals surface area contributed by atoms with Crippen molar-refractivity contribution >= 4 is 22.4 Å². The molecule has 2 rings (SSSR count). The average molecular weight is 280 g/mol. The fourth-order valence-corrected chi connectivity index (χ4v) is 2.16. The highest BCUT2D eigenvalue weighted by Crippen LogP contribution is 2.26. The van der Waals surface area contributed by atoms with E-state index < -0.39 is 12.0 Å². The standard InChI is InChI=1S/C12H12N2O4S/c1-6(15)8-5-19-12(13-8)14-11(18)7-2-3-9(16)10(17)4-7/h2-6,15-17H,1H3,(H,13,14,18). The van der Waals surface area contributed by atoms with Crippen molar-refractivity contribution in [3.63, 3.8) is 0 Å². The number of phenols is 2. The average Bonchev–Trinajstić information content (AvgIpc) is 2.81. The van der Waals surface area contributed by atoms with Crippen molar-refractivity contribution < 1.29 is 20.1 Å². The van der Waals surface area contributed by atoms with Gasteiger partial charge in [0.25, 0.3) is 5.91 Å². The van der Waals surface area contributed by atoms with E-state index in [1.54, 1.807) is 12.3 Å². The second-order valence-corrected chi connectivity index (χ2v) is 4.77. The Hall–Kier alpha value is -2.12. The second kappa shape index (κ2) is 5.25. The Morgan fingerprint density at radius 1 is 1.37 bits per heavy atom. The van der Waals surface area contributed by atoms with Gasteiger partial charge in [0.15, 0.2) is 16.6 Å². The van der Waals surface area contributed by atoms with Crippen molar-refractivity contribution in [2.45, 2.75) is 13.0 Å². The number of aromatic hydroxyl groups is 2. The maximum absolute atomic E-state index is 11.9. The summed E-state index contributed by atoms with van der Waals surface area (Å²) < 4.78 is 0. The van der Waals surface area contributed by atoms with Gasteiger partial charge in [-0.3, -0.25) is 10.1 Å². The van der Waals surface area contributed by atoms with Crippen LogP contribution >= 0.6 is 11.3 Å². The van der Waals surface area contributed by atoms with E-state index in [0.29, 0.717) is 10.8 Å². The SMILES string of the molecule is CC(O)c1csc(NC(=O)c2ccc(O)c(O)c2)n1. The summed E-state index contributed by atoms with van der Waals surface area (Å²) in [4.78, 5) is 15.9. The summed E-state index contributed by atoms with van der Waals surface area (Å²) in [6.07, 6.45) is -0.695. The monoisotopic (exact) mass is 280 g/mol. The molecule has 1 unspecified atom stereocenters. The molecule has 0 spiro atoms. The number of aromatic nitrogens is 1. The predicted octanol–water partition coefficient (Wildman–Crippen LogP) is 1.86. The molecule has 1 aromatic heterocycles. The van der Waals surface area contributed by atoms with Crippen molar-refractivity contribution in [3.8, 4) is 11.5 Å². The van der Waals surface area contributed by atoms with Gasteiger partial charge in [-0.2, -0.15) is 0 Å². The first-order valence-corrected chi connectivity index (χ1v) is 6.32. The van der Waals surface area contributed by atoms with Gasteiger partial charge >= 0.3 is 0 Å². The Morgan fingerprint density at radius 3 is 2.68 bits per heavy atom. The fraction of sp³-hybridized carbons (Fsp3) is 0.167. The number of anilines is 1. The van der Waals surface area contributed by atoms with Crippen LogP contribution in [0.15, 0.2) is 23.6 Å². The van der Waals surface area contributed by atoms with E-state index in [2.05, 4.69) is 10.3 Å². The number of nitrogens with zero attached hydrogens (tertiary/aromatic N) is 1. The largest absolute Gasteiger partial charge is 0.504 e. The molecule has 7 heteroatoms. The smallest absolute Gasteiger partial charge is 0.257 e. The molecule has 0 aliphatic rings. The van der Waals surface area contributed by atoms with Gasteiger partial charge in [0.05, 0.1) is 11.8 Å². The molecule has 0 aliphatic heterocycles. The highest BCUT2D eigenvalue weighted by Gasteiger charge is 2.12. The molecule has 1 amide bonds. The van der Waals surface area contributed by atoms with Crippen LogP contribution in [0.2, 0.25) is 0 Å². The Labute approximate surface area is 113 Å². The number of phenolic OH excluding ortho intramolecular Hbond substituents is 2. The molecular formula is C12H12N2O4S. The minimum atomic E-state index is -0.695. The molecule has 6 nitrogen and oxygen atoms in total. The van der Waals surface area contributed by atoms with Crippen molar-refractivity contribution in [2.75, 3.05) is 5.32 Å². The highest BCUT2D eigenvalue weighted by molar-refractivity contribution is 7.14. The van der Waals surface area contributed by atoms with Gasteiger partial charge in [-0.1, -0.05) is 0 Å². The zero-order chi connectivity index (χ0) is 14.0. The second-order valence-electron chi connectivity index (χ2n) is 3.91. The number of hydrogen-bond donors (Lipinski definition) is 4. The van der Waals surface area contributed by atoms with E-state index in [-0.39, 0.29) is 17.1 Å². The Bertz CT molecular complexity index is 610. The van der Waals surface area contributed by atoms with Crippen molar-refractivity contribution in [2.24, 2.45) is 0 Å². The third kappa shape index (κ3) is 3.01. The molecule has 1 heterocycles. The molecule has 0 fully saturated rings. The molecule has 0 saturated heterocycles. The molecular weight excluding hydrogens is 268 g/mol. The zero-order valence-electron chi connectivity index (χ0n) is 9.99. The molecule has 100 valence electrons. The van der Waals surface area contributed by atoms with Crippen molar-refractivity contribution in [1.29, 1.82) is 0 Å². The summed E-state index contributed by atoms with van der Waals surface area (Å²) in [5.74, 6) is -1.11. The summed E-state index contributed by atoms with van der Waals surface area (Å²) >= 11 is 1.19. The number of carbonyl (C=O) groups excluding carboxylic acids is 1. The number of rotatable bonds is 3. The Kier molecular flexibility index (Phi) is 3.68. The summed E-state index contributed by atoms with van der Waals surface area (Å²) in [7, 11) is 0. The quantitative estimate of drug-likeness (QED) is 0.643. The third-order valence-electron chi connectivity index (χ3n) is 2.41. The Morgan fingerprint density at radius 2 is 2.11 bits per heavy atom. The minimum absolute atomic E-state index is 0.198. The first kappa shape index (κ1) is 13.3. The van der Waals surface area contributed by atoms with Gasteiger partial charge < -0.3 is 15.3 Å². The van der Waals surface area contributed by atoms with Gasteiger partial charge in [0, 0.05) is 10.9 Å². The van der Waals surface area contributed by atoms with E-state index in [9.17, 15) is 15.0 Å². The first-order chi connectivity index (χ1) is 8.97. The number of nitrogens with one attached hydrogen (secondary N) is 1. The van der Waals surface area contributed by atoms with Crippen molar-refractivity contribution in [1.82, 2.24) is 4.98 Å². The zero-order valence-corrected chi connectivity index (χ0v) is 10.8. The van der Waals surface area contributed by atoms with Crippen LogP contribution in [0.4, 0.5) is 5.13 Å². The molecule has 19 heavy (non-hydrogen) atoms. The van der Waals surface area contributed by atoms with Gasteiger partial charge in [-0.15, -0.1) is 11.3 Å². The summed E-state index contributed by atoms with van der Waals surface area (Å²) in [5, 5.41) is 32.3. The molecule has 4 N–H and O–H groups in total. The van der Waals surface area contributed by atoms with Crippen LogP contribution < -0.4 is 5.32 Å². The van der Waals surface area contributed by atoms with E-state index in [1.807, 2.05) is 0 Å². The molecule has 0 bridgehead atoms. The molecule has 0 aliphatic carbocycles. The summed E-state index contributed by atoms with van der Waals surface area (Å²) in [6.45, 7) is 1.58. The van der Waals surface area contributed by atoms with Gasteiger partial charge in [0.2, 0.25) is 0 Å². The fourth-order valence-electron chi connectivity index (χ4n) is 1.37. The summed E-state index contributed by atoms with van der Waals surface area (Å²) in [6, 6.07) is 3.77. The lowest BCUT2D eigenvalue weighted by molar-refractivity contribution is 0.102. The molecule has 1 atom stereocenters. The lowest BCUT2D eigenvalue weighted by Crippen LogP contribution is -2.11. The molecule has 1 aromatic carbocycles. The van der Waals surface area contributed by atoms with Crippen LogP contribution in [0, 0.1) is 0 Å². The number of benzene rings is 1. The van der Waals surface area contributed by atoms with Crippen LogP contribution in [0.1, 0.15) is 29.1 Å². The minimum Gasteiger partial charge on any atom is -0.504 e. The lowest BCUT2D eigenvalue weighted by Gasteiger charge is -2.03. The van der Waals surface area contributed by atoms with Gasteiger partial charge in [0.1, 0.15) is 0 Å². The Balaban J connectivity index is 2.13. The first-order valence-electron chi connectivity index (χ1n) is 5.44. The number of aliphatic hydroxyl groups is 1. The van der Waals surface area contributed by atoms with Gasteiger partial charge in [-0.05, 0) is 25.1 Å². The van der Waals surface area contributed by atoms with E-state index >= 15 is 0 Å². The number of hydrogen-bond acceptors (Lipinski definition) is 6. The van der Waals surface area contributed by atoms with Crippen LogP contribution in [-0.4, -0.2) is 26.2 Å².